The molecule has 3 heteroatoms. The highest BCUT2D eigenvalue weighted by Gasteiger charge is 2.35. The predicted octanol–water partition coefficient (Wildman–Crippen LogP) is 4.23. The number of rotatable bonds is 4. The van der Waals surface area contributed by atoms with Crippen molar-refractivity contribution in [1.82, 2.24) is 0 Å². The molecule has 0 heterocycles. The zero-order valence-electron chi connectivity index (χ0n) is 12.7. The van der Waals surface area contributed by atoms with Crippen LogP contribution >= 0.6 is 0 Å². The van der Waals surface area contributed by atoms with Crippen molar-refractivity contribution in [2.75, 3.05) is 5.75 Å². The third-order valence-electron chi connectivity index (χ3n) is 5.17. The summed E-state index contributed by atoms with van der Waals surface area (Å²) >= 11 is 0. The maximum atomic E-state index is 12.6. The minimum Gasteiger partial charge on any atom is -0.224 e. The van der Waals surface area contributed by atoms with Gasteiger partial charge in [0, 0.05) is 0 Å². The average molecular weight is 304 g/mol. The molecule has 3 unspecified atom stereocenters. The lowest BCUT2D eigenvalue weighted by atomic mass is 9.68. The molecule has 0 saturated heterocycles. The second-order valence-corrected chi connectivity index (χ2v) is 8.60. The van der Waals surface area contributed by atoms with Crippen LogP contribution in [0, 0.1) is 17.8 Å². The summed E-state index contributed by atoms with van der Waals surface area (Å²) in [7, 11) is -3.14. The zero-order chi connectivity index (χ0) is 14.9. The highest BCUT2D eigenvalue weighted by Crippen LogP contribution is 2.43. The quantitative estimate of drug-likeness (QED) is 0.780. The summed E-state index contributed by atoms with van der Waals surface area (Å²) < 4.78 is 25.2. The molecule has 0 aliphatic heterocycles. The molecule has 0 aromatic heterocycles. The second-order valence-electron chi connectivity index (χ2n) is 6.57. The number of hydrogen-bond donors (Lipinski definition) is 0. The van der Waals surface area contributed by atoms with Gasteiger partial charge in [0.1, 0.15) is 0 Å². The Hall–Kier alpha value is -1.09. The fraction of sp³-hybridized carbons (Fsp3) is 0.556. The van der Waals surface area contributed by atoms with Gasteiger partial charge in [-0.2, -0.15) is 0 Å². The molecule has 21 heavy (non-hydrogen) atoms. The van der Waals surface area contributed by atoms with Gasteiger partial charge in [-0.1, -0.05) is 36.8 Å². The van der Waals surface area contributed by atoms with Crippen molar-refractivity contribution in [1.29, 1.82) is 0 Å². The molecular weight excluding hydrogens is 280 g/mol. The number of allylic oxidation sites excluding steroid dienone is 2. The van der Waals surface area contributed by atoms with Crippen molar-refractivity contribution < 1.29 is 8.42 Å². The van der Waals surface area contributed by atoms with E-state index in [4.69, 9.17) is 0 Å². The van der Waals surface area contributed by atoms with Crippen LogP contribution in [0.1, 0.15) is 39.0 Å². The molecule has 2 nitrogen and oxygen atoms in total. The first-order valence-electron chi connectivity index (χ1n) is 8.06. The molecule has 0 spiro atoms. The van der Waals surface area contributed by atoms with Crippen LogP contribution in [-0.2, 0) is 9.84 Å². The van der Waals surface area contributed by atoms with Crippen molar-refractivity contribution in [3.63, 3.8) is 0 Å². The van der Waals surface area contributed by atoms with E-state index in [9.17, 15) is 8.42 Å². The first-order chi connectivity index (χ1) is 10.1. The van der Waals surface area contributed by atoms with Gasteiger partial charge in [0.25, 0.3) is 0 Å². The van der Waals surface area contributed by atoms with E-state index in [0.29, 0.717) is 28.4 Å². The highest BCUT2D eigenvalue weighted by atomic mass is 32.2. The molecule has 3 atom stereocenters. The maximum absolute atomic E-state index is 12.6. The summed E-state index contributed by atoms with van der Waals surface area (Å²) in [6, 6.07) is 8.92. The van der Waals surface area contributed by atoms with E-state index in [1.807, 2.05) is 18.2 Å². The Morgan fingerprint density at radius 2 is 1.90 bits per heavy atom. The first kappa shape index (κ1) is 14.8. The highest BCUT2D eigenvalue weighted by molar-refractivity contribution is 7.91. The predicted molar refractivity (Wildman–Crippen MR) is 85.8 cm³/mol. The summed E-state index contributed by atoms with van der Waals surface area (Å²) in [4.78, 5) is 0.481. The van der Waals surface area contributed by atoms with E-state index in [0.717, 1.165) is 25.7 Å². The van der Waals surface area contributed by atoms with Crippen LogP contribution < -0.4 is 0 Å². The monoisotopic (exact) mass is 304 g/mol. The smallest absolute Gasteiger partial charge is 0.178 e. The van der Waals surface area contributed by atoms with Gasteiger partial charge in [-0.25, -0.2) is 8.42 Å². The fourth-order valence-corrected chi connectivity index (χ4v) is 5.76. The van der Waals surface area contributed by atoms with Crippen LogP contribution in [0.2, 0.25) is 0 Å². The minimum absolute atomic E-state index is 0.325. The van der Waals surface area contributed by atoms with Gasteiger partial charge >= 0.3 is 0 Å². The Morgan fingerprint density at radius 3 is 2.62 bits per heavy atom. The summed E-state index contributed by atoms with van der Waals surface area (Å²) in [5.74, 6) is 1.93. The zero-order valence-corrected chi connectivity index (χ0v) is 13.5. The second kappa shape index (κ2) is 5.96. The van der Waals surface area contributed by atoms with Crippen molar-refractivity contribution in [2.45, 2.75) is 43.9 Å². The van der Waals surface area contributed by atoms with Crippen LogP contribution in [0.25, 0.3) is 0 Å². The lowest BCUT2D eigenvalue weighted by molar-refractivity contribution is 0.203. The topological polar surface area (TPSA) is 34.1 Å². The van der Waals surface area contributed by atoms with Gasteiger partial charge in [-0.3, -0.25) is 0 Å². The number of hydrogen-bond acceptors (Lipinski definition) is 2. The van der Waals surface area contributed by atoms with E-state index in [1.54, 1.807) is 12.1 Å². The Balaban J connectivity index is 1.76. The average Bonchev–Trinajstić information content (AvgIpc) is 2.51. The third-order valence-corrected chi connectivity index (χ3v) is 7.02. The van der Waals surface area contributed by atoms with Gasteiger partial charge in [0.05, 0.1) is 10.6 Å². The van der Waals surface area contributed by atoms with E-state index in [1.165, 1.54) is 12.0 Å². The molecule has 3 rings (SSSR count). The minimum atomic E-state index is -3.14. The third kappa shape index (κ3) is 3.23. The van der Waals surface area contributed by atoms with Gasteiger partial charge < -0.3 is 0 Å². The molecule has 1 fully saturated rings. The lowest BCUT2D eigenvalue weighted by Crippen LogP contribution is -2.32. The number of benzene rings is 1. The largest absolute Gasteiger partial charge is 0.224 e. The van der Waals surface area contributed by atoms with Crippen LogP contribution in [0.4, 0.5) is 0 Å². The van der Waals surface area contributed by atoms with Crippen LogP contribution in [0.5, 0.6) is 0 Å². The molecule has 2 aliphatic rings. The Kier molecular flexibility index (Phi) is 4.21. The van der Waals surface area contributed by atoms with Crippen LogP contribution in [-0.4, -0.2) is 14.2 Å². The van der Waals surface area contributed by atoms with Gasteiger partial charge in [-0.05, 0) is 62.0 Å². The van der Waals surface area contributed by atoms with Crippen molar-refractivity contribution in [3.05, 3.63) is 42.0 Å². The SMILES string of the molecule is CCC1=CC2CCC(CS(=O)(=O)c3ccccc3)C(C1)C2. The molecular formula is C18H24O2S. The summed E-state index contributed by atoms with van der Waals surface area (Å²) in [6.45, 7) is 2.21. The molecule has 2 aliphatic carbocycles. The lowest BCUT2D eigenvalue weighted by Gasteiger charge is -2.39. The van der Waals surface area contributed by atoms with Crippen molar-refractivity contribution in [2.24, 2.45) is 17.8 Å². The summed E-state index contributed by atoms with van der Waals surface area (Å²) in [5.41, 5.74) is 1.54. The Morgan fingerprint density at radius 1 is 1.14 bits per heavy atom. The van der Waals surface area contributed by atoms with Crippen molar-refractivity contribution >= 4 is 9.84 Å². The molecule has 0 N–H and O–H groups in total. The number of fused-ring (bicyclic) bond motifs is 2. The molecule has 114 valence electrons. The Labute approximate surface area is 128 Å². The van der Waals surface area contributed by atoms with Crippen LogP contribution in [0.3, 0.4) is 0 Å². The van der Waals surface area contributed by atoms with E-state index < -0.39 is 9.84 Å². The fourth-order valence-electron chi connectivity index (χ4n) is 3.99. The van der Waals surface area contributed by atoms with E-state index >= 15 is 0 Å². The van der Waals surface area contributed by atoms with Crippen LogP contribution in [0.15, 0.2) is 46.9 Å². The van der Waals surface area contributed by atoms with Gasteiger partial charge in [0.2, 0.25) is 0 Å². The van der Waals surface area contributed by atoms with E-state index in [-0.39, 0.29) is 0 Å². The van der Waals surface area contributed by atoms with E-state index in [2.05, 4.69) is 13.0 Å². The summed E-state index contributed by atoms with van der Waals surface area (Å²) in [5, 5.41) is 0. The normalized spacial score (nSPS) is 29.0. The molecule has 0 radical (unpaired) electrons. The standard InChI is InChI=1S/C18H24O2S/c1-2-14-10-15-8-9-16(17(11-14)12-15)13-21(19,20)18-6-4-3-5-7-18/h3-7,10,15-17H,2,8-9,11-13H2,1H3. The molecule has 1 aromatic carbocycles. The van der Waals surface area contributed by atoms with Gasteiger partial charge in [0.15, 0.2) is 9.84 Å². The summed E-state index contributed by atoms with van der Waals surface area (Å²) in [6.07, 6.45) is 8.11. The first-order valence-corrected chi connectivity index (χ1v) is 9.71. The van der Waals surface area contributed by atoms with Crippen molar-refractivity contribution in [3.8, 4) is 0 Å². The van der Waals surface area contributed by atoms with Gasteiger partial charge in [-0.15, -0.1) is 0 Å². The molecule has 2 bridgehead atoms. The Bertz CT molecular complexity index is 616. The molecule has 1 aromatic rings. The molecule has 1 saturated carbocycles. The number of sulfone groups is 1. The molecule has 0 amide bonds. The maximum Gasteiger partial charge on any atom is 0.178 e.